The lowest BCUT2D eigenvalue weighted by Gasteiger charge is -2.00. The molecule has 6 nitrogen and oxygen atoms in total. The Morgan fingerprint density at radius 2 is 1.91 bits per heavy atom. The van der Waals surface area contributed by atoms with Crippen LogP contribution in [0.25, 0.3) is 11.3 Å². The highest BCUT2D eigenvalue weighted by Gasteiger charge is 2.06. The molecule has 0 saturated heterocycles. The van der Waals surface area contributed by atoms with Crippen LogP contribution < -0.4 is 5.43 Å². The second kappa shape index (κ2) is 6.45. The molecule has 0 aliphatic carbocycles. The van der Waals surface area contributed by atoms with Crippen molar-refractivity contribution in [3.63, 3.8) is 0 Å². The molecule has 0 spiro atoms. The molecule has 0 bridgehead atoms. The molecule has 6 heteroatoms. The minimum atomic E-state index is -0.289. The molecule has 0 aliphatic rings. The molecule has 0 fully saturated rings. The summed E-state index contributed by atoms with van der Waals surface area (Å²) in [6.07, 6.45) is 6.33. The number of pyridine rings is 1. The Hall–Kier alpha value is -3.28. The summed E-state index contributed by atoms with van der Waals surface area (Å²) < 4.78 is 0. The lowest BCUT2D eigenvalue weighted by molar-refractivity contribution is 0.0955. The maximum absolute atomic E-state index is 11.9. The van der Waals surface area contributed by atoms with E-state index in [0.29, 0.717) is 5.56 Å². The number of hydrazone groups is 1. The third-order valence-electron chi connectivity index (χ3n) is 3.04. The summed E-state index contributed by atoms with van der Waals surface area (Å²) in [5.41, 5.74) is 5.62. The van der Waals surface area contributed by atoms with Gasteiger partial charge in [0.05, 0.1) is 18.1 Å². The molecule has 0 saturated carbocycles. The number of rotatable bonds is 4. The second-order valence-corrected chi connectivity index (χ2v) is 4.50. The Balaban J connectivity index is 1.72. The van der Waals surface area contributed by atoms with Crippen molar-refractivity contribution in [2.24, 2.45) is 5.10 Å². The normalized spacial score (nSPS) is 10.7. The summed E-state index contributed by atoms with van der Waals surface area (Å²) in [5.74, 6) is -0.289. The number of amides is 1. The van der Waals surface area contributed by atoms with Crippen LogP contribution in [0.4, 0.5) is 0 Å². The summed E-state index contributed by atoms with van der Waals surface area (Å²) in [6.45, 7) is 0. The molecule has 2 aromatic heterocycles. The Morgan fingerprint density at radius 1 is 1.14 bits per heavy atom. The van der Waals surface area contributed by atoms with Gasteiger partial charge in [0.1, 0.15) is 0 Å². The summed E-state index contributed by atoms with van der Waals surface area (Å²) >= 11 is 0. The number of benzene rings is 1. The van der Waals surface area contributed by atoms with Crippen LogP contribution in [0, 0.1) is 0 Å². The van der Waals surface area contributed by atoms with Gasteiger partial charge in [-0.05, 0) is 12.1 Å². The molecular weight excluding hydrogens is 278 g/mol. The summed E-state index contributed by atoms with van der Waals surface area (Å²) in [4.78, 5) is 15.7. The molecule has 2 heterocycles. The van der Waals surface area contributed by atoms with E-state index in [-0.39, 0.29) is 5.91 Å². The van der Waals surface area contributed by atoms with Crippen LogP contribution in [0.15, 0.2) is 66.2 Å². The number of H-pyrrole nitrogens is 1. The minimum Gasteiger partial charge on any atom is -0.277 e. The van der Waals surface area contributed by atoms with Crippen LogP contribution in [-0.4, -0.2) is 27.3 Å². The number of aromatic amines is 1. The van der Waals surface area contributed by atoms with Crippen molar-refractivity contribution < 1.29 is 4.79 Å². The fourth-order valence-corrected chi connectivity index (χ4v) is 1.96. The van der Waals surface area contributed by atoms with E-state index in [2.05, 4.69) is 25.7 Å². The number of nitrogens with zero attached hydrogens (tertiary/aromatic N) is 3. The van der Waals surface area contributed by atoms with Gasteiger partial charge in [-0.2, -0.15) is 10.2 Å². The van der Waals surface area contributed by atoms with Gasteiger partial charge in [-0.25, -0.2) is 5.43 Å². The SMILES string of the molecule is O=C(N/N=C\c1cn[nH]c1-c1ccccc1)c1ccncc1. The molecule has 0 atom stereocenters. The number of hydrogen-bond acceptors (Lipinski definition) is 4. The molecule has 3 rings (SSSR count). The van der Waals surface area contributed by atoms with Crippen molar-refractivity contribution >= 4 is 12.1 Å². The van der Waals surface area contributed by atoms with E-state index in [4.69, 9.17) is 0 Å². The van der Waals surface area contributed by atoms with Crippen LogP contribution in [-0.2, 0) is 0 Å². The lowest BCUT2D eigenvalue weighted by atomic mass is 10.1. The zero-order valence-electron chi connectivity index (χ0n) is 11.6. The molecule has 0 unspecified atom stereocenters. The molecule has 108 valence electrons. The topological polar surface area (TPSA) is 83.0 Å². The molecule has 22 heavy (non-hydrogen) atoms. The van der Waals surface area contributed by atoms with E-state index in [0.717, 1.165) is 16.8 Å². The van der Waals surface area contributed by atoms with Crippen molar-refractivity contribution in [3.05, 3.63) is 72.2 Å². The Kier molecular flexibility index (Phi) is 4.01. The fraction of sp³-hybridized carbons (Fsp3) is 0. The van der Waals surface area contributed by atoms with Gasteiger partial charge in [-0.1, -0.05) is 30.3 Å². The van der Waals surface area contributed by atoms with Crippen LogP contribution in [0.2, 0.25) is 0 Å². The summed E-state index contributed by atoms with van der Waals surface area (Å²) in [6, 6.07) is 13.0. The van der Waals surface area contributed by atoms with Gasteiger partial charge in [0.2, 0.25) is 0 Å². The maximum atomic E-state index is 11.9. The first-order valence-corrected chi connectivity index (χ1v) is 6.67. The number of carbonyl (C=O) groups excluding carboxylic acids is 1. The first-order chi connectivity index (χ1) is 10.8. The highest BCUT2D eigenvalue weighted by molar-refractivity contribution is 5.95. The first-order valence-electron chi connectivity index (χ1n) is 6.67. The monoisotopic (exact) mass is 291 g/mol. The maximum Gasteiger partial charge on any atom is 0.271 e. The van der Waals surface area contributed by atoms with E-state index in [1.54, 1.807) is 36.9 Å². The van der Waals surface area contributed by atoms with Crippen molar-refractivity contribution in [3.8, 4) is 11.3 Å². The van der Waals surface area contributed by atoms with Gasteiger partial charge in [0.15, 0.2) is 0 Å². The van der Waals surface area contributed by atoms with Gasteiger partial charge in [0, 0.05) is 29.1 Å². The van der Waals surface area contributed by atoms with Gasteiger partial charge < -0.3 is 0 Å². The molecular formula is C16H13N5O. The van der Waals surface area contributed by atoms with E-state index in [9.17, 15) is 4.79 Å². The zero-order valence-corrected chi connectivity index (χ0v) is 11.6. The predicted molar refractivity (Wildman–Crippen MR) is 83.3 cm³/mol. The third-order valence-corrected chi connectivity index (χ3v) is 3.04. The number of aromatic nitrogens is 3. The predicted octanol–water partition coefficient (Wildman–Crippen LogP) is 2.24. The van der Waals surface area contributed by atoms with Crippen LogP contribution >= 0.6 is 0 Å². The van der Waals surface area contributed by atoms with E-state index in [1.807, 2.05) is 30.3 Å². The Bertz CT molecular complexity index is 781. The zero-order chi connectivity index (χ0) is 15.2. The van der Waals surface area contributed by atoms with Crippen LogP contribution in [0.1, 0.15) is 15.9 Å². The van der Waals surface area contributed by atoms with Crippen molar-refractivity contribution in [1.29, 1.82) is 0 Å². The average molecular weight is 291 g/mol. The molecule has 0 aliphatic heterocycles. The third kappa shape index (κ3) is 3.06. The van der Waals surface area contributed by atoms with Gasteiger partial charge in [-0.3, -0.25) is 14.9 Å². The second-order valence-electron chi connectivity index (χ2n) is 4.50. The lowest BCUT2D eigenvalue weighted by Crippen LogP contribution is -2.17. The Morgan fingerprint density at radius 3 is 2.68 bits per heavy atom. The molecule has 0 radical (unpaired) electrons. The average Bonchev–Trinajstić information content (AvgIpc) is 3.05. The standard InChI is InChI=1S/C16H13N5O/c22-16(13-6-8-17-9-7-13)21-19-11-14-10-18-20-15(14)12-4-2-1-3-5-12/h1-11H,(H,18,20)(H,21,22)/b19-11-. The van der Waals surface area contributed by atoms with E-state index in [1.165, 1.54) is 0 Å². The van der Waals surface area contributed by atoms with E-state index < -0.39 is 0 Å². The number of hydrogen-bond donors (Lipinski definition) is 2. The van der Waals surface area contributed by atoms with Gasteiger partial charge in [0.25, 0.3) is 5.91 Å². The highest BCUT2D eigenvalue weighted by Crippen LogP contribution is 2.18. The van der Waals surface area contributed by atoms with Gasteiger partial charge >= 0.3 is 0 Å². The molecule has 2 N–H and O–H groups in total. The quantitative estimate of drug-likeness (QED) is 0.571. The van der Waals surface area contributed by atoms with Crippen LogP contribution in [0.3, 0.4) is 0 Å². The fourth-order valence-electron chi connectivity index (χ4n) is 1.96. The molecule has 1 amide bonds. The Labute approximate surface area is 126 Å². The number of carbonyl (C=O) groups is 1. The van der Waals surface area contributed by atoms with Gasteiger partial charge in [-0.15, -0.1) is 0 Å². The van der Waals surface area contributed by atoms with Crippen molar-refractivity contribution in [2.45, 2.75) is 0 Å². The summed E-state index contributed by atoms with van der Waals surface area (Å²) in [5, 5.41) is 10.9. The number of nitrogens with one attached hydrogen (secondary N) is 2. The van der Waals surface area contributed by atoms with Crippen molar-refractivity contribution in [1.82, 2.24) is 20.6 Å². The smallest absolute Gasteiger partial charge is 0.271 e. The largest absolute Gasteiger partial charge is 0.277 e. The minimum absolute atomic E-state index is 0.289. The van der Waals surface area contributed by atoms with Crippen LogP contribution in [0.5, 0.6) is 0 Å². The van der Waals surface area contributed by atoms with E-state index >= 15 is 0 Å². The molecule has 3 aromatic rings. The summed E-state index contributed by atoms with van der Waals surface area (Å²) in [7, 11) is 0. The van der Waals surface area contributed by atoms with Crippen molar-refractivity contribution in [2.75, 3.05) is 0 Å². The highest BCUT2D eigenvalue weighted by atomic mass is 16.2. The molecule has 1 aromatic carbocycles. The first kappa shape index (κ1) is 13.7.